The minimum atomic E-state index is 0.293. The smallest absolute Gasteiger partial charge is 0.220 e. The van der Waals surface area contributed by atoms with E-state index in [4.69, 9.17) is 5.73 Å². The van der Waals surface area contributed by atoms with Gasteiger partial charge in [-0.3, -0.25) is 0 Å². The monoisotopic (exact) mass is 226 g/mol. The number of nitrogens with zero attached hydrogens (tertiary/aromatic N) is 3. The molecule has 2 N–H and O–H groups in total. The number of rotatable bonds is 1. The summed E-state index contributed by atoms with van der Waals surface area (Å²) in [7, 11) is 2.10. The molecule has 1 aromatic carbocycles. The lowest BCUT2D eigenvalue weighted by Gasteiger charge is -2.12. The van der Waals surface area contributed by atoms with Gasteiger partial charge in [-0.25, -0.2) is 9.97 Å². The Hall–Kier alpha value is -2.10. The van der Waals surface area contributed by atoms with Gasteiger partial charge in [0.15, 0.2) is 0 Å². The highest BCUT2D eigenvalue weighted by Gasteiger charge is 2.28. The average Bonchev–Trinajstić information content (AvgIpc) is 2.68. The molecular formula is C13H14N4. The van der Waals surface area contributed by atoms with Gasteiger partial charge < -0.3 is 10.6 Å². The van der Waals surface area contributed by atoms with Gasteiger partial charge >= 0.3 is 0 Å². The highest BCUT2D eigenvalue weighted by atomic mass is 15.1. The van der Waals surface area contributed by atoms with Crippen LogP contribution in [0.15, 0.2) is 36.5 Å². The molecule has 0 radical (unpaired) electrons. The number of nitrogen functional groups attached to an aromatic ring is 1. The SMILES string of the molecule is CN1CC(c2ccnc(N)n2)c2ccccc21. The molecule has 0 saturated carbocycles. The third kappa shape index (κ3) is 1.62. The molecule has 2 aromatic rings. The van der Waals surface area contributed by atoms with E-state index >= 15 is 0 Å². The van der Waals surface area contributed by atoms with Gasteiger partial charge in [0.25, 0.3) is 0 Å². The fourth-order valence-electron chi connectivity index (χ4n) is 2.44. The van der Waals surface area contributed by atoms with Crippen molar-refractivity contribution in [3.63, 3.8) is 0 Å². The van der Waals surface area contributed by atoms with Crippen molar-refractivity contribution in [1.29, 1.82) is 0 Å². The second kappa shape index (κ2) is 3.73. The van der Waals surface area contributed by atoms with Crippen LogP contribution in [-0.2, 0) is 0 Å². The lowest BCUT2D eigenvalue weighted by atomic mass is 9.98. The average molecular weight is 226 g/mol. The highest BCUT2D eigenvalue weighted by Crippen LogP contribution is 2.38. The molecule has 4 nitrogen and oxygen atoms in total. The molecule has 2 heterocycles. The van der Waals surface area contributed by atoms with E-state index in [0.29, 0.717) is 11.9 Å². The number of benzene rings is 1. The lowest BCUT2D eigenvalue weighted by molar-refractivity contribution is 0.803. The van der Waals surface area contributed by atoms with Crippen LogP contribution in [0.1, 0.15) is 17.2 Å². The van der Waals surface area contributed by atoms with Crippen molar-refractivity contribution in [3.8, 4) is 0 Å². The summed E-state index contributed by atoms with van der Waals surface area (Å²) in [5.74, 6) is 0.635. The number of hydrogen-bond acceptors (Lipinski definition) is 4. The van der Waals surface area contributed by atoms with Gasteiger partial charge in [0.1, 0.15) is 0 Å². The van der Waals surface area contributed by atoms with Crippen LogP contribution in [0.2, 0.25) is 0 Å². The van der Waals surface area contributed by atoms with Crippen LogP contribution in [0.5, 0.6) is 0 Å². The van der Waals surface area contributed by atoms with Gasteiger partial charge in [-0.05, 0) is 17.7 Å². The Balaban J connectivity index is 2.07. The number of nitrogens with two attached hydrogens (primary N) is 1. The molecule has 1 aromatic heterocycles. The zero-order valence-corrected chi connectivity index (χ0v) is 9.67. The van der Waals surface area contributed by atoms with E-state index in [0.717, 1.165) is 12.2 Å². The molecule has 0 spiro atoms. The number of fused-ring (bicyclic) bond motifs is 1. The van der Waals surface area contributed by atoms with Crippen LogP contribution in [-0.4, -0.2) is 23.6 Å². The molecule has 1 aliphatic heterocycles. The number of aromatic nitrogens is 2. The Morgan fingerprint density at radius 1 is 1.29 bits per heavy atom. The Labute approximate surface area is 100 Å². The van der Waals surface area contributed by atoms with Gasteiger partial charge in [0.05, 0.1) is 5.69 Å². The van der Waals surface area contributed by atoms with Gasteiger partial charge in [0, 0.05) is 31.4 Å². The second-order valence-electron chi connectivity index (χ2n) is 4.33. The molecule has 3 rings (SSSR count). The van der Waals surface area contributed by atoms with Crippen molar-refractivity contribution in [2.24, 2.45) is 0 Å². The van der Waals surface area contributed by atoms with Crippen molar-refractivity contribution < 1.29 is 0 Å². The summed E-state index contributed by atoms with van der Waals surface area (Å²) in [5, 5.41) is 0. The van der Waals surface area contributed by atoms with E-state index in [1.807, 2.05) is 6.07 Å². The fraction of sp³-hybridized carbons (Fsp3) is 0.231. The minimum absolute atomic E-state index is 0.293. The zero-order chi connectivity index (χ0) is 11.8. The molecule has 0 aliphatic carbocycles. The molecular weight excluding hydrogens is 212 g/mol. The van der Waals surface area contributed by atoms with Crippen molar-refractivity contribution >= 4 is 11.6 Å². The summed E-state index contributed by atoms with van der Waals surface area (Å²) < 4.78 is 0. The zero-order valence-electron chi connectivity index (χ0n) is 9.67. The first-order valence-corrected chi connectivity index (χ1v) is 5.64. The van der Waals surface area contributed by atoms with Gasteiger partial charge in [-0.2, -0.15) is 0 Å². The van der Waals surface area contributed by atoms with Crippen LogP contribution in [0.25, 0.3) is 0 Å². The predicted octanol–water partition coefficient (Wildman–Crippen LogP) is 1.64. The summed E-state index contributed by atoms with van der Waals surface area (Å²) >= 11 is 0. The van der Waals surface area contributed by atoms with Gasteiger partial charge in [0.2, 0.25) is 5.95 Å². The summed E-state index contributed by atoms with van der Waals surface area (Å²) in [5.41, 5.74) is 9.23. The Morgan fingerprint density at radius 2 is 2.12 bits per heavy atom. The molecule has 4 heteroatoms. The highest BCUT2D eigenvalue weighted by molar-refractivity contribution is 5.61. The first kappa shape index (κ1) is 10.1. The summed E-state index contributed by atoms with van der Waals surface area (Å²) in [6.07, 6.45) is 1.72. The van der Waals surface area contributed by atoms with E-state index in [1.54, 1.807) is 6.20 Å². The summed E-state index contributed by atoms with van der Waals surface area (Å²) in [4.78, 5) is 10.5. The summed E-state index contributed by atoms with van der Waals surface area (Å²) in [6, 6.07) is 10.4. The van der Waals surface area contributed by atoms with Crippen LogP contribution >= 0.6 is 0 Å². The molecule has 0 fully saturated rings. The molecule has 17 heavy (non-hydrogen) atoms. The van der Waals surface area contributed by atoms with E-state index in [2.05, 4.69) is 46.2 Å². The van der Waals surface area contributed by atoms with Crippen LogP contribution < -0.4 is 10.6 Å². The van der Waals surface area contributed by atoms with Crippen LogP contribution in [0.3, 0.4) is 0 Å². The first-order valence-electron chi connectivity index (χ1n) is 5.64. The maximum atomic E-state index is 5.65. The molecule has 1 unspecified atom stereocenters. The van der Waals surface area contributed by atoms with Crippen molar-refractivity contribution in [1.82, 2.24) is 9.97 Å². The maximum Gasteiger partial charge on any atom is 0.220 e. The van der Waals surface area contributed by atoms with E-state index in [1.165, 1.54) is 11.3 Å². The molecule has 86 valence electrons. The molecule has 0 amide bonds. The third-order valence-electron chi connectivity index (χ3n) is 3.23. The maximum absolute atomic E-state index is 5.65. The Kier molecular flexibility index (Phi) is 2.21. The van der Waals surface area contributed by atoms with Gasteiger partial charge in [-0.15, -0.1) is 0 Å². The molecule has 0 saturated heterocycles. The molecule has 1 aliphatic rings. The minimum Gasteiger partial charge on any atom is -0.373 e. The molecule has 0 bridgehead atoms. The fourth-order valence-corrected chi connectivity index (χ4v) is 2.44. The van der Waals surface area contributed by atoms with Crippen molar-refractivity contribution in [2.45, 2.75) is 5.92 Å². The number of likely N-dealkylation sites (N-methyl/N-ethyl adjacent to an activating group) is 1. The van der Waals surface area contributed by atoms with E-state index in [9.17, 15) is 0 Å². The van der Waals surface area contributed by atoms with Crippen LogP contribution in [0.4, 0.5) is 11.6 Å². The largest absolute Gasteiger partial charge is 0.373 e. The van der Waals surface area contributed by atoms with Crippen molar-refractivity contribution in [2.75, 3.05) is 24.2 Å². The van der Waals surface area contributed by atoms with E-state index < -0.39 is 0 Å². The van der Waals surface area contributed by atoms with Crippen LogP contribution in [0, 0.1) is 0 Å². The normalized spacial score (nSPS) is 18.2. The second-order valence-corrected chi connectivity index (χ2v) is 4.33. The Morgan fingerprint density at radius 3 is 2.94 bits per heavy atom. The van der Waals surface area contributed by atoms with Crippen molar-refractivity contribution in [3.05, 3.63) is 47.8 Å². The Bertz CT molecular complexity index is 553. The lowest BCUT2D eigenvalue weighted by Crippen LogP contribution is -2.16. The summed E-state index contributed by atoms with van der Waals surface area (Å²) in [6.45, 7) is 0.940. The predicted molar refractivity (Wildman–Crippen MR) is 68.0 cm³/mol. The topological polar surface area (TPSA) is 55.0 Å². The standard InChI is InChI=1S/C13H14N4/c1-17-8-10(9-4-2-3-5-12(9)17)11-6-7-15-13(14)16-11/h2-7,10H,8H2,1H3,(H2,14,15,16). The molecule has 1 atom stereocenters. The third-order valence-corrected chi connectivity index (χ3v) is 3.23. The first-order chi connectivity index (χ1) is 8.25. The number of para-hydroxylation sites is 1. The van der Waals surface area contributed by atoms with Gasteiger partial charge in [-0.1, -0.05) is 18.2 Å². The quantitative estimate of drug-likeness (QED) is 0.803. The van der Waals surface area contributed by atoms with E-state index in [-0.39, 0.29) is 0 Å². The number of hydrogen-bond donors (Lipinski definition) is 1. The number of anilines is 2.